The normalized spacial score (nSPS) is 27.1. The van der Waals surface area contributed by atoms with Crippen LogP contribution in [0.25, 0.3) is 0 Å². The van der Waals surface area contributed by atoms with Crippen LogP contribution in [-0.4, -0.2) is 35.4 Å². The third-order valence-corrected chi connectivity index (χ3v) is 4.41. The van der Waals surface area contributed by atoms with Gasteiger partial charge in [-0.15, -0.1) is 11.8 Å². The SMILES string of the molecule is O=C1CSCC(C(=O)NC2CCCCCC2)N1. The summed E-state index contributed by atoms with van der Waals surface area (Å²) in [7, 11) is 0. The predicted molar refractivity (Wildman–Crippen MR) is 68.9 cm³/mol. The molecule has 1 unspecified atom stereocenters. The minimum atomic E-state index is -0.329. The first-order valence-electron chi connectivity index (χ1n) is 6.43. The van der Waals surface area contributed by atoms with Gasteiger partial charge < -0.3 is 10.6 Å². The summed E-state index contributed by atoms with van der Waals surface area (Å²) in [6, 6.07) is -0.0154. The molecule has 0 bridgehead atoms. The monoisotopic (exact) mass is 256 g/mol. The molecule has 1 heterocycles. The Balaban J connectivity index is 1.80. The van der Waals surface area contributed by atoms with Crippen molar-refractivity contribution in [3.05, 3.63) is 0 Å². The summed E-state index contributed by atoms with van der Waals surface area (Å²) in [5, 5.41) is 5.83. The molecule has 1 atom stereocenters. The van der Waals surface area contributed by atoms with Crippen LogP contribution in [-0.2, 0) is 9.59 Å². The molecule has 0 aromatic rings. The molecule has 96 valence electrons. The fraction of sp³-hybridized carbons (Fsp3) is 0.833. The highest BCUT2D eigenvalue weighted by Gasteiger charge is 2.26. The Morgan fingerprint density at radius 2 is 1.94 bits per heavy atom. The highest BCUT2D eigenvalue weighted by molar-refractivity contribution is 8.00. The van der Waals surface area contributed by atoms with Gasteiger partial charge in [0.25, 0.3) is 0 Å². The minimum Gasteiger partial charge on any atom is -0.352 e. The first-order chi connectivity index (χ1) is 8.25. The quantitative estimate of drug-likeness (QED) is 0.726. The standard InChI is InChI=1S/C12H20N2O2S/c15-11-8-17-7-10(14-11)12(16)13-9-5-3-1-2-4-6-9/h9-10H,1-8H2,(H,13,16)(H,14,15). The molecule has 1 aliphatic carbocycles. The first kappa shape index (κ1) is 12.7. The molecule has 2 N–H and O–H groups in total. The molecule has 5 heteroatoms. The molecule has 2 aliphatic rings. The fourth-order valence-corrected chi connectivity index (χ4v) is 3.27. The lowest BCUT2D eigenvalue weighted by atomic mass is 10.1. The van der Waals surface area contributed by atoms with Gasteiger partial charge in [0, 0.05) is 11.8 Å². The fourth-order valence-electron chi connectivity index (χ4n) is 2.41. The summed E-state index contributed by atoms with van der Waals surface area (Å²) >= 11 is 1.53. The van der Waals surface area contributed by atoms with Crippen molar-refractivity contribution in [3.8, 4) is 0 Å². The van der Waals surface area contributed by atoms with E-state index >= 15 is 0 Å². The summed E-state index contributed by atoms with van der Waals surface area (Å²) in [6.07, 6.45) is 7.14. The van der Waals surface area contributed by atoms with Crippen LogP contribution in [0.15, 0.2) is 0 Å². The van der Waals surface area contributed by atoms with E-state index in [1.165, 1.54) is 37.4 Å². The molecular formula is C12H20N2O2S. The van der Waals surface area contributed by atoms with Gasteiger partial charge in [-0.2, -0.15) is 0 Å². The molecular weight excluding hydrogens is 236 g/mol. The maximum absolute atomic E-state index is 12.0. The summed E-state index contributed by atoms with van der Waals surface area (Å²) < 4.78 is 0. The number of carbonyl (C=O) groups is 2. The van der Waals surface area contributed by atoms with E-state index in [-0.39, 0.29) is 17.9 Å². The predicted octanol–water partition coefficient (Wildman–Crippen LogP) is 1.06. The van der Waals surface area contributed by atoms with E-state index < -0.39 is 0 Å². The zero-order valence-corrected chi connectivity index (χ0v) is 10.9. The van der Waals surface area contributed by atoms with E-state index in [2.05, 4.69) is 10.6 Å². The van der Waals surface area contributed by atoms with Crippen molar-refractivity contribution in [1.82, 2.24) is 10.6 Å². The summed E-state index contributed by atoms with van der Waals surface area (Å²) in [5.74, 6) is 1.15. The van der Waals surface area contributed by atoms with Crippen LogP contribution in [0, 0.1) is 0 Å². The van der Waals surface area contributed by atoms with Crippen molar-refractivity contribution in [3.63, 3.8) is 0 Å². The van der Waals surface area contributed by atoms with Gasteiger partial charge in [-0.3, -0.25) is 9.59 Å². The number of hydrogen-bond donors (Lipinski definition) is 2. The zero-order valence-electron chi connectivity index (χ0n) is 10.0. The van der Waals surface area contributed by atoms with Gasteiger partial charge >= 0.3 is 0 Å². The molecule has 0 spiro atoms. The van der Waals surface area contributed by atoms with E-state index in [1.807, 2.05) is 0 Å². The summed E-state index contributed by atoms with van der Waals surface area (Å²) in [5.41, 5.74) is 0. The van der Waals surface area contributed by atoms with Crippen molar-refractivity contribution in [2.24, 2.45) is 0 Å². The van der Waals surface area contributed by atoms with E-state index in [1.54, 1.807) is 0 Å². The Bertz CT molecular complexity index is 288. The van der Waals surface area contributed by atoms with Gasteiger partial charge in [0.2, 0.25) is 11.8 Å². The highest BCUT2D eigenvalue weighted by atomic mass is 32.2. The maximum atomic E-state index is 12.0. The minimum absolute atomic E-state index is 0.00236. The number of thioether (sulfide) groups is 1. The molecule has 1 saturated carbocycles. The number of carbonyl (C=O) groups excluding carboxylic acids is 2. The Morgan fingerprint density at radius 3 is 2.59 bits per heavy atom. The lowest BCUT2D eigenvalue weighted by Crippen LogP contribution is -2.53. The van der Waals surface area contributed by atoms with Crippen molar-refractivity contribution >= 4 is 23.6 Å². The van der Waals surface area contributed by atoms with Crippen LogP contribution in [0.2, 0.25) is 0 Å². The Labute approximate surface area is 106 Å². The Kier molecular flexibility index (Phi) is 4.71. The number of rotatable bonds is 2. The number of amides is 2. The van der Waals surface area contributed by atoms with Crippen molar-refractivity contribution in [2.75, 3.05) is 11.5 Å². The molecule has 0 aromatic carbocycles. The number of hydrogen-bond acceptors (Lipinski definition) is 3. The third-order valence-electron chi connectivity index (χ3n) is 3.37. The molecule has 2 rings (SSSR count). The first-order valence-corrected chi connectivity index (χ1v) is 7.58. The second kappa shape index (κ2) is 6.28. The van der Waals surface area contributed by atoms with Crippen LogP contribution >= 0.6 is 11.8 Å². The van der Waals surface area contributed by atoms with Crippen molar-refractivity contribution in [1.29, 1.82) is 0 Å². The molecule has 1 saturated heterocycles. The molecule has 2 fully saturated rings. The zero-order chi connectivity index (χ0) is 12.1. The summed E-state index contributed by atoms with van der Waals surface area (Å²) in [4.78, 5) is 23.2. The Morgan fingerprint density at radius 1 is 1.24 bits per heavy atom. The molecule has 17 heavy (non-hydrogen) atoms. The van der Waals surface area contributed by atoms with Crippen LogP contribution in [0.4, 0.5) is 0 Å². The van der Waals surface area contributed by atoms with Gasteiger partial charge in [0.05, 0.1) is 5.75 Å². The van der Waals surface area contributed by atoms with Crippen molar-refractivity contribution < 1.29 is 9.59 Å². The van der Waals surface area contributed by atoms with Crippen LogP contribution in [0.1, 0.15) is 38.5 Å². The molecule has 1 aliphatic heterocycles. The third kappa shape index (κ3) is 3.91. The summed E-state index contributed by atoms with van der Waals surface area (Å²) in [6.45, 7) is 0. The maximum Gasteiger partial charge on any atom is 0.243 e. The van der Waals surface area contributed by atoms with Crippen molar-refractivity contribution in [2.45, 2.75) is 50.6 Å². The second-order valence-corrected chi connectivity index (χ2v) is 5.86. The van der Waals surface area contributed by atoms with E-state index in [9.17, 15) is 9.59 Å². The molecule has 2 amide bonds. The van der Waals surface area contributed by atoms with E-state index in [0.717, 1.165) is 12.8 Å². The van der Waals surface area contributed by atoms with E-state index in [0.29, 0.717) is 17.5 Å². The van der Waals surface area contributed by atoms with Gasteiger partial charge in [0.15, 0.2) is 0 Å². The largest absolute Gasteiger partial charge is 0.352 e. The van der Waals surface area contributed by atoms with Gasteiger partial charge in [-0.05, 0) is 12.8 Å². The average Bonchev–Trinajstić information content (AvgIpc) is 2.57. The van der Waals surface area contributed by atoms with E-state index in [4.69, 9.17) is 0 Å². The van der Waals surface area contributed by atoms with Gasteiger partial charge in [-0.25, -0.2) is 0 Å². The lowest BCUT2D eigenvalue weighted by molar-refractivity contribution is -0.128. The van der Waals surface area contributed by atoms with Crippen LogP contribution in [0.3, 0.4) is 0 Å². The van der Waals surface area contributed by atoms with Gasteiger partial charge in [-0.1, -0.05) is 25.7 Å². The van der Waals surface area contributed by atoms with Crippen LogP contribution in [0.5, 0.6) is 0 Å². The topological polar surface area (TPSA) is 58.2 Å². The lowest BCUT2D eigenvalue weighted by Gasteiger charge is -2.25. The smallest absolute Gasteiger partial charge is 0.243 e. The second-order valence-electron chi connectivity index (χ2n) is 4.83. The number of nitrogens with one attached hydrogen (secondary N) is 2. The Hall–Kier alpha value is -0.710. The average molecular weight is 256 g/mol. The van der Waals surface area contributed by atoms with Crippen LogP contribution < -0.4 is 10.6 Å². The molecule has 0 radical (unpaired) electrons. The molecule has 4 nitrogen and oxygen atoms in total. The highest BCUT2D eigenvalue weighted by Crippen LogP contribution is 2.17. The molecule has 0 aromatic heterocycles. The van der Waals surface area contributed by atoms with Gasteiger partial charge in [0.1, 0.15) is 6.04 Å².